The molecule has 2 rings (SSSR count). The van der Waals surface area contributed by atoms with Crippen LogP contribution in [0.4, 0.5) is 14.5 Å². The van der Waals surface area contributed by atoms with Crippen molar-refractivity contribution in [3.63, 3.8) is 0 Å². The van der Waals surface area contributed by atoms with Gasteiger partial charge < -0.3 is 15.0 Å². The molecule has 0 amide bonds. The maximum atomic E-state index is 12.1. The van der Waals surface area contributed by atoms with Crippen LogP contribution in [0.2, 0.25) is 0 Å². The second kappa shape index (κ2) is 7.87. The van der Waals surface area contributed by atoms with Crippen LogP contribution in [0.25, 0.3) is 0 Å². The first-order chi connectivity index (χ1) is 10.9. The number of benzene rings is 2. The third-order valence-electron chi connectivity index (χ3n) is 3.22. The summed E-state index contributed by atoms with van der Waals surface area (Å²) in [5, 5.41) is 3.75. The molecule has 0 aliphatic rings. The summed E-state index contributed by atoms with van der Waals surface area (Å²) < 4.78 is 28.6. The summed E-state index contributed by atoms with van der Waals surface area (Å²) >= 11 is 5.36. The molecule has 0 heterocycles. The SMILES string of the molecule is Cc1ccc(NC(=S)N(C)Cc2ccc(OC(F)F)cc2)cc1. The molecular formula is C17H18F2N2OS. The molecule has 23 heavy (non-hydrogen) atoms. The quantitative estimate of drug-likeness (QED) is 0.817. The Balaban J connectivity index is 1.91. The Labute approximate surface area is 139 Å². The molecule has 0 saturated heterocycles. The van der Waals surface area contributed by atoms with Crippen molar-refractivity contribution in [2.24, 2.45) is 0 Å². The Morgan fingerprint density at radius 1 is 1.13 bits per heavy atom. The molecule has 1 N–H and O–H groups in total. The Bertz CT molecular complexity index is 645. The average Bonchev–Trinajstić information content (AvgIpc) is 2.51. The minimum absolute atomic E-state index is 0.145. The number of anilines is 1. The van der Waals surface area contributed by atoms with Gasteiger partial charge in [-0.05, 0) is 49.0 Å². The van der Waals surface area contributed by atoms with Crippen LogP contribution in [0.1, 0.15) is 11.1 Å². The maximum absolute atomic E-state index is 12.1. The third-order valence-corrected chi connectivity index (χ3v) is 3.63. The van der Waals surface area contributed by atoms with E-state index in [4.69, 9.17) is 12.2 Å². The molecule has 0 atom stereocenters. The molecule has 3 nitrogen and oxygen atoms in total. The lowest BCUT2D eigenvalue weighted by Gasteiger charge is -2.21. The molecule has 0 radical (unpaired) electrons. The lowest BCUT2D eigenvalue weighted by molar-refractivity contribution is -0.0498. The highest BCUT2D eigenvalue weighted by Gasteiger charge is 2.07. The lowest BCUT2D eigenvalue weighted by Crippen LogP contribution is -2.30. The standard InChI is InChI=1S/C17H18F2N2OS/c1-12-3-7-14(8-4-12)20-17(23)21(2)11-13-5-9-15(10-6-13)22-16(18)19/h3-10,16H,11H2,1-2H3,(H,20,23). The third kappa shape index (κ3) is 5.49. The second-order valence-electron chi connectivity index (χ2n) is 5.17. The van der Waals surface area contributed by atoms with Gasteiger partial charge in [0, 0.05) is 19.3 Å². The zero-order valence-corrected chi connectivity index (χ0v) is 13.7. The first-order valence-electron chi connectivity index (χ1n) is 7.06. The van der Waals surface area contributed by atoms with E-state index in [1.807, 2.05) is 43.1 Å². The first kappa shape index (κ1) is 17.1. The summed E-state index contributed by atoms with van der Waals surface area (Å²) in [5.41, 5.74) is 3.05. The van der Waals surface area contributed by atoms with Crippen molar-refractivity contribution in [3.05, 3.63) is 59.7 Å². The van der Waals surface area contributed by atoms with Gasteiger partial charge in [0.25, 0.3) is 0 Å². The van der Waals surface area contributed by atoms with E-state index in [1.54, 1.807) is 12.1 Å². The van der Waals surface area contributed by atoms with Crippen molar-refractivity contribution in [2.75, 3.05) is 12.4 Å². The molecule has 0 unspecified atom stereocenters. The van der Waals surface area contributed by atoms with Crippen molar-refractivity contribution in [3.8, 4) is 5.75 Å². The molecule has 0 fully saturated rings. The predicted molar refractivity (Wildman–Crippen MR) is 91.9 cm³/mol. The van der Waals surface area contributed by atoms with Crippen LogP contribution in [0.5, 0.6) is 5.75 Å². The van der Waals surface area contributed by atoms with Gasteiger partial charge in [0.05, 0.1) is 0 Å². The normalized spacial score (nSPS) is 10.5. The molecule has 0 aromatic heterocycles. The topological polar surface area (TPSA) is 24.5 Å². The van der Waals surface area contributed by atoms with Gasteiger partial charge in [0.15, 0.2) is 5.11 Å². The highest BCUT2D eigenvalue weighted by Crippen LogP contribution is 2.16. The predicted octanol–water partition coefficient (Wildman–Crippen LogP) is 4.43. The van der Waals surface area contributed by atoms with Crippen molar-refractivity contribution in [1.29, 1.82) is 0 Å². The Morgan fingerprint density at radius 2 is 1.74 bits per heavy atom. The number of nitrogens with zero attached hydrogens (tertiary/aromatic N) is 1. The van der Waals surface area contributed by atoms with Crippen LogP contribution in [-0.2, 0) is 6.54 Å². The number of rotatable bonds is 5. The number of ether oxygens (including phenoxy) is 1. The molecule has 2 aromatic rings. The fourth-order valence-corrected chi connectivity index (χ4v) is 2.16. The Kier molecular flexibility index (Phi) is 5.87. The molecule has 2 aromatic carbocycles. The average molecular weight is 336 g/mol. The molecule has 0 bridgehead atoms. The van der Waals surface area contributed by atoms with E-state index in [-0.39, 0.29) is 5.75 Å². The highest BCUT2D eigenvalue weighted by atomic mass is 32.1. The van der Waals surface area contributed by atoms with Gasteiger partial charge in [0.1, 0.15) is 5.75 Å². The van der Waals surface area contributed by atoms with Crippen molar-refractivity contribution in [1.82, 2.24) is 4.90 Å². The molecule has 6 heteroatoms. The lowest BCUT2D eigenvalue weighted by atomic mass is 10.2. The van der Waals surface area contributed by atoms with Gasteiger partial charge in [-0.15, -0.1) is 0 Å². The van der Waals surface area contributed by atoms with Gasteiger partial charge in [-0.25, -0.2) is 0 Å². The number of halogens is 2. The molecule has 0 aliphatic heterocycles. The van der Waals surface area contributed by atoms with E-state index < -0.39 is 6.61 Å². The van der Waals surface area contributed by atoms with Gasteiger partial charge >= 0.3 is 6.61 Å². The number of thiocarbonyl (C=S) groups is 1. The molecule has 0 aliphatic carbocycles. The smallest absolute Gasteiger partial charge is 0.387 e. The van der Waals surface area contributed by atoms with Gasteiger partial charge in [0.2, 0.25) is 0 Å². The van der Waals surface area contributed by atoms with Gasteiger partial charge in [-0.3, -0.25) is 0 Å². The minimum atomic E-state index is -2.81. The van der Waals surface area contributed by atoms with Crippen molar-refractivity contribution in [2.45, 2.75) is 20.1 Å². The summed E-state index contributed by atoms with van der Waals surface area (Å²) in [7, 11) is 1.87. The molecular weight excluding hydrogens is 318 g/mol. The van der Waals surface area contributed by atoms with E-state index in [9.17, 15) is 8.78 Å². The van der Waals surface area contributed by atoms with Crippen molar-refractivity contribution < 1.29 is 13.5 Å². The van der Waals surface area contributed by atoms with E-state index in [0.29, 0.717) is 11.7 Å². The summed E-state index contributed by atoms with van der Waals surface area (Å²) in [4.78, 5) is 1.87. The van der Waals surface area contributed by atoms with Crippen LogP contribution >= 0.6 is 12.2 Å². The molecule has 122 valence electrons. The fraction of sp³-hybridized carbons (Fsp3) is 0.235. The molecule has 0 spiro atoms. The summed E-state index contributed by atoms with van der Waals surface area (Å²) in [6, 6.07) is 14.5. The zero-order valence-electron chi connectivity index (χ0n) is 12.9. The van der Waals surface area contributed by atoms with E-state index >= 15 is 0 Å². The highest BCUT2D eigenvalue weighted by molar-refractivity contribution is 7.80. The van der Waals surface area contributed by atoms with Crippen LogP contribution in [0.3, 0.4) is 0 Å². The second-order valence-corrected chi connectivity index (χ2v) is 5.56. The number of alkyl halides is 2. The number of hydrogen-bond acceptors (Lipinski definition) is 2. The maximum Gasteiger partial charge on any atom is 0.387 e. The van der Waals surface area contributed by atoms with E-state index in [2.05, 4.69) is 10.1 Å². The number of aryl methyl sites for hydroxylation is 1. The number of nitrogens with one attached hydrogen (secondary N) is 1. The fourth-order valence-electron chi connectivity index (χ4n) is 1.98. The van der Waals surface area contributed by atoms with E-state index in [0.717, 1.165) is 11.3 Å². The summed E-state index contributed by atoms with van der Waals surface area (Å²) in [6.45, 7) is -0.225. The summed E-state index contributed by atoms with van der Waals surface area (Å²) in [6.07, 6.45) is 0. The van der Waals surface area contributed by atoms with Gasteiger partial charge in [-0.1, -0.05) is 29.8 Å². The molecule has 0 saturated carbocycles. The van der Waals surface area contributed by atoms with Crippen LogP contribution in [0.15, 0.2) is 48.5 Å². The van der Waals surface area contributed by atoms with Crippen molar-refractivity contribution >= 4 is 23.0 Å². The van der Waals surface area contributed by atoms with Crippen LogP contribution < -0.4 is 10.1 Å². The Morgan fingerprint density at radius 3 is 2.30 bits per heavy atom. The van der Waals surface area contributed by atoms with Gasteiger partial charge in [-0.2, -0.15) is 8.78 Å². The monoisotopic (exact) mass is 336 g/mol. The van der Waals surface area contributed by atoms with Crippen LogP contribution in [0, 0.1) is 6.92 Å². The zero-order chi connectivity index (χ0) is 16.8. The largest absolute Gasteiger partial charge is 0.435 e. The minimum Gasteiger partial charge on any atom is -0.435 e. The van der Waals surface area contributed by atoms with E-state index in [1.165, 1.54) is 17.7 Å². The number of hydrogen-bond donors (Lipinski definition) is 1. The van der Waals surface area contributed by atoms with Crippen LogP contribution in [-0.4, -0.2) is 23.7 Å². The Hall–Kier alpha value is -2.21. The summed E-state index contributed by atoms with van der Waals surface area (Å²) in [5.74, 6) is 0.145. The first-order valence-corrected chi connectivity index (χ1v) is 7.47.